The van der Waals surface area contributed by atoms with Crippen molar-refractivity contribution < 1.29 is 14.6 Å². The van der Waals surface area contributed by atoms with Gasteiger partial charge in [0.05, 0.1) is 7.11 Å². The summed E-state index contributed by atoms with van der Waals surface area (Å²) in [6.45, 7) is 1.70. The molecule has 0 saturated carbocycles. The fourth-order valence-corrected chi connectivity index (χ4v) is 0.152. The van der Waals surface area contributed by atoms with Crippen LogP contribution in [0, 0.1) is 0 Å². The van der Waals surface area contributed by atoms with E-state index in [0.717, 1.165) is 0 Å². The fraction of sp³-hybridized carbons (Fsp3) is 0.750. The molecule has 0 rings (SSSR count). The van der Waals surface area contributed by atoms with Crippen molar-refractivity contribution in [2.45, 2.75) is 13.3 Å². The first-order valence-corrected chi connectivity index (χ1v) is 2.04. The smallest absolute Gasteiger partial charge is 0.299 e. The van der Waals surface area contributed by atoms with Crippen molar-refractivity contribution in [3.63, 3.8) is 0 Å². The van der Waals surface area contributed by atoms with Crippen molar-refractivity contribution in [2.24, 2.45) is 0 Å². The minimum atomic E-state index is -0.345. The first kappa shape index (κ1) is 6.43. The molecule has 0 spiro atoms. The van der Waals surface area contributed by atoms with Gasteiger partial charge in [-0.15, -0.1) is 0 Å². The molecule has 0 saturated heterocycles. The topological polar surface area (TPSA) is 35.5 Å². The van der Waals surface area contributed by atoms with Gasteiger partial charge in [-0.25, -0.2) is 4.79 Å². The van der Waals surface area contributed by atoms with Crippen LogP contribution >= 0.6 is 0 Å². The average Bonchev–Trinajstić information content (AvgIpc) is 1.68. The highest BCUT2D eigenvalue weighted by molar-refractivity contribution is 5.68. The van der Waals surface area contributed by atoms with Gasteiger partial charge in [-0.05, 0) is 0 Å². The number of hydrogen-bond donors (Lipinski definition) is 0. The Hall–Kier alpha value is -0.570. The lowest BCUT2D eigenvalue weighted by atomic mass is 10.5. The second-order valence-corrected chi connectivity index (χ2v) is 0.976. The molecule has 0 aromatic heterocycles. The van der Waals surface area contributed by atoms with E-state index in [1.165, 1.54) is 7.11 Å². The summed E-state index contributed by atoms with van der Waals surface area (Å²) < 4.78 is 0. The van der Waals surface area contributed by atoms with Crippen LogP contribution in [0.4, 0.5) is 0 Å². The third-order valence-electron chi connectivity index (χ3n) is 0.465. The highest BCUT2D eigenvalue weighted by Crippen LogP contribution is 1.81. The Kier molecular flexibility index (Phi) is 3.32. The summed E-state index contributed by atoms with van der Waals surface area (Å²) in [7, 11) is 1.30. The molecule has 0 aliphatic heterocycles. The van der Waals surface area contributed by atoms with Crippen LogP contribution < -0.4 is 0 Å². The van der Waals surface area contributed by atoms with Crippen molar-refractivity contribution in [1.29, 1.82) is 0 Å². The molecule has 0 aliphatic carbocycles. The normalized spacial score (nSPS) is 8.29. The molecule has 0 atom stereocenters. The van der Waals surface area contributed by atoms with Crippen LogP contribution in [0.2, 0.25) is 0 Å². The SMILES string of the molecule is CCC(=O)OOC. The third-order valence-corrected chi connectivity index (χ3v) is 0.465. The van der Waals surface area contributed by atoms with Crippen molar-refractivity contribution in [3.8, 4) is 0 Å². The van der Waals surface area contributed by atoms with Crippen LogP contribution in [0.3, 0.4) is 0 Å². The molecular weight excluding hydrogens is 96.0 g/mol. The van der Waals surface area contributed by atoms with Crippen LogP contribution in [0.15, 0.2) is 0 Å². The summed E-state index contributed by atoms with van der Waals surface area (Å²) in [4.78, 5) is 18.2. The summed E-state index contributed by atoms with van der Waals surface area (Å²) in [5, 5.41) is 0. The molecular formula is C4H8O3. The van der Waals surface area contributed by atoms with Gasteiger partial charge in [0.2, 0.25) is 0 Å². The van der Waals surface area contributed by atoms with Gasteiger partial charge in [-0.3, -0.25) is 4.89 Å². The average molecular weight is 104 g/mol. The second-order valence-electron chi connectivity index (χ2n) is 0.976. The van der Waals surface area contributed by atoms with Gasteiger partial charge in [0.1, 0.15) is 0 Å². The van der Waals surface area contributed by atoms with Gasteiger partial charge in [0, 0.05) is 6.42 Å². The van der Waals surface area contributed by atoms with Gasteiger partial charge in [-0.2, -0.15) is 4.89 Å². The first-order valence-electron chi connectivity index (χ1n) is 2.04. The zero-order valence-corrected chi connectivity index (χ0v) is 4.43. The zero-order valence-electron chi connectivity index (χ0n) is 4.43. The van der Waals surface area contributed by atoms with E-state index < -0.39 is 0 Å². The van der Waals surface area contributed by atoms with E-state index >= 15 is 0 Å². The van der Waals surface area contributed by atoms with Crippen LogP contribution in [0.5, 0.6) is 0 Å². The standard InChI is InChI=1S/C4H8O3/c1-3-4(5)7-6-2/h3H2,1-2H3. The molecule has 7 heavy (non-hydrogen) atoms. The number of carbonyl (C=O) groups excluding carboxylic acids is 1. The molecule has 0 unspecified atom stereocenters. The highest BCUT2D eigenvalue weighted by Gasteiger charge is 1.93. The molecule has 3 heteroatoms. The summed E-state index contributed by atoms with van der Waals surface area (Å²) in [5.41, 5.74) is 0. The molecule has 0 radical (unpaired) electrons. The Bertz CT molecular complexity index is 60.0. The molecule has 0 amide bonds. The number of rotatable bonds is 2. The van der Waals surface area contributed by atoms with Gasteiger partial charge in [-0.1, -0.05) is 6.92 Å². The lowest BCUT2D eigenvalue weighted by Gasteiger charge is -1.91. The molecule has 0 bridgehead atoms. The zero-order chi connectivity index (χ0) is 5.70. The molecule has 3 nitrogen and oxygen atoms in total. The highest BCUT2D eigenvalue weighted by atomic mass is 17.2. The maximum atomic E-state index is 10.1. The van der Waals surface area contributed by atoms with Crippen LogP contribution in [0.25, 0.3) is 0 Å². The summed E-state index contributed by atoms with van der Waals surface area (Å²) in [5.74, 6) is -0.345. The van der Waals surface area contributed by atoms with Crippen molar-refractivity contribution in [2.75, 3.05) is 7.11 Å². The minimum Gasteiger partial charge on any atom is -0.299 e. The van der Waals surface area contributed by atoms with Gasteiger partial charge in [0.15, 0.2) is 0 Å². The molecule has 0 aromatic rings. The monoisotopic (exact) mass is 104 g/mol. The minimum absolute atomic E-state index is 0.345. The Balaban J connectivity index is 3.00. The van der Waals surface area contributed by atoms with Gasteiger partial charge < -0.3 is 0 Å². The van der Waals surface area contributed by atoms with Crippen molar-refractivity contribution >= 4 is 5.97 Å². The molecule has 0 fully saturated rings. The van der Waals surface area contributed by atoms with Crippen LogP contribution in [0.1, 0.15) is 13.3 Å². The van der Waals surface area contributed by atoms with Crippen molar-refractivity contribution in [1.82, 2.24) is 0 Å². The lowest BCUT2D eigenvalue weighted by Crippen LogP contribution is -1.99. The predicted octanol–water partition coefficient (Wildman–Crippen LogP) is 0.501. The van der Waals surface area contributed by atoms with E-state index in [1.54, 1.807) is 6.92 Å². The van der Waals surface area contributed by atoms with E-state index in [-0.39, 0.29) is 5.97 Å². The largest absolute Gasteiger partial charge is 0.342 e. The summed E-state index contributed by atoms with van der Waals surface area (Å²) >= 11 is 0. The third kappa shape index (κ3) is 3.26. The quantitative estimate of drug-likeness (QED) is 0.378. The molecule has 42 valence electrons. The number of hydrogen-bond acceptors (Lipinski definition) is 3. The first-order chi connectivity index (χ1) is 3.31. The second kappa shape index (κ2) is 3.61. The fourth-order valence-electron chi connectivity index (χ4n) is 0.152. The maximum Gasteiger partial charge on any atom is 0.342 e. The predicted molar refractivity (Wildman–Crippen MR) is 23.4 cm³/mol. The molecule has 0 aromatic carbocycles. The van der Waals surface area contributed by atoms with E-state index in [9.17, 15) is 4.79 Å². The Morgan fingerprint density at radius 1 is 1.71 bits per heavy atom. The van der Waals surface area contributed by atoms with Crippen molar-refractivity contribution in [3.05, 3.63) is 0 Å². The number of carbonyl (C=O) groups is 1. The van der Waals surface area contributed by atoms with E-state index in [4.69, 9.17) is 0 Å². The van der Waals surface area contributed by atoms with Crippen LogP contribution in [-0.2, 0) is 14.6 Å². The Morgan fingerprint density at radius 2 is 2.29 bits per heavy atom. The van der Waals surface area contributed by atoms with Crippen LogP contribution in [-0.4, -0.2) is 13.1 Å². The Labute approximate surface area is 42.2 Å². The molecule has 0 aliphatic rings. The maximum absolute atomic E-state index is 10.1. The van der Waals surface area contributed by atoms with Gasteiger partial charge in [0.25, 0.3) is 0 Å². The summed E-state index contributed by atoms with van der Waals surface area (Å²) in [6, 6.07) is 0. The molecule has 0 N–H and O–H groups in total. The molecule has 0 heterocycles. The van der Waals surface area contributed by atoms with E-state index in [2.05, 4.69) is 9.78 Å². The lowest BCUT2D eigenvalue weighted by molar-refractivity contribution is -0.254. The van der Waals surface area contributed by atoms with Gasteiger partial charge >= 0.3 is 5.97 Å². The Morgan fingerprint density at radius 3 is 2.43 bits per heavy atom. The van der Waals surface area contributed by atoms with E-state index in [0.29, 0.717) is 6.42 Å². The summed E-state index contributed by atoms with van der Waals surface area (Å²) in [6.07, 6.45) is 0.355. The van der Waals surface area contributed by atoms with E-state index in [1.807, 2.05) is 0 Å².